The van der Waals surface area contributed by atoms with Crippen molar-refractivity contribution in [2.75, 3.05) is 13.1 Å². The lowest BCUT2D eigenvalue weighted by atomic mass is 10.2. The van der Waals surface area contributed by atoms with Crippen molar-refractivity contribution in [3.05, 3.63) is 54.1 Å². The molecule has 1 aromatic carbocycles. The van der Waals surface area contributed by atoms with Gasteiger partial charge in [0.1, 0.15) is 18.0 Å². The van der Waals surface area contributed by atoms with Crippen LogP contribution in [0, 0.1) is 0 Å². The number of carboxylic acids is 1. The first-order valence-corrected chi connectivity index (χ1v) is 7.29. The van der Waals surface area contributed by atoms with Gasteiger partial charge in [0.25, 0.3) is 5.91 Å². The summed E-state index contributed by atoms with van der Waals surface area (Å²) in [6.07, 6.45) is 1.41. The number of hydrogen-bond acceptors (Lipinski definition) is 6. The summed E-state index contributed by atoms with van der Waals surface area (Å²) < 4.78 is 5.65. The van der Waals surface area contributed by atoms with E-state index in [1.807, 2.05) is 0 Å². The molecule has 0 unspecified atom stereocenters. The predicted molar refractivity (Wildman–Crippen MR) is 81.8 cm³/mol. The number of aliphatic hydroxyl groups excluding tert-OH is 1. The molecule has 2 heterocycles. The average Bonchev–Trinajstić information content (AvgIpc) is 2.96. The van der Waals surface area contributed by atoms with Crippen molar-refractivity contribution in [1.82, 2.24) is 14.9 Å². The number of hydrogen-bond donors (Lipinski definition) is 2. The minimum atomic E-state index is -1.06. The van der Waals surface area contributed by atoms with E-state index in [9.17, 15) is 14.7 Å². The van der Waals surface area contributed by atoms with Crippen LogP contribution in [0.25, 0.3) is 0 Å². The number of nitrogens with zero attached hydrogens (tertiary/aromatic N) is 3. The van der Waals surface area contributed by atoms with Gasteiger partial charge >= 0.3 is 5.97 Å². The minimum Gasteiger partial charge on any atom is -0.486 e. The van der Waals surface area contributed by atoms with E-state index in [-0.39, 0.29) is 30.4 Å². The van der Waals surface area contributed by atoms with Gasteiger partial charge in [-0.05, 0) is 24.3 Å². The molecule has 1 aliphatic rings. The molecular formula is C16H15N3O5. The summed E-state index contributed by atoms with van der Waals surface area (Å²) in [6.45, 7) is 0.260. The van der Waals surface area contributed by atoms with Crippen molar-refractivity contribution in [3.8, 4) is 5.75 Å². The molecule has 0 bridgehead atoms. The van der Waals surface area contributed by atoms with Crippen LogP contribution in [0.3, 0.4) is 0 Å². The monoisotopic (exact) mass is 329 g/mol. The molecule has 1 saturated heterocycles. The summed E-state index contributed by atoms with van der Waals surface area (Å²) in [5.74, 6) is -1.08. The van der Waals surface area contributed by atoms with E-state index in [0.717, 1.165) is 0 Å². The number of benzene rings is 1. The van der Waals surface area contributed by atoms with Crippen molar-refractivity contribution in [2.45, 2.75) is 12.2 Å². The third-order valence-corrected chi connectivity index (χ3v) is 3.65. The quantitative estimate of drug-likeness (QED) is 0.836. The number of likely N-dealkylation sites (tertiary alicyclic amines) is 1. The Bertz CT molecular complexity index is 752. The van der Waals surface area contributed by atoms with Gasteiger partial charge in [0, 0.05) is 12.4 Å². The molecule has 1 amide bonds. The molecular weight excluding hydrogens is 314 g/mol. The van der Waals surface area contributed by atoms with Crippen molar-refractivity contribution in [2.24, 2.45) is 0 Å². The highest BCUT2D eigenvalue weighted by molar-refractivity contribution is 5.90. The van der Waals surface area contributed by atoms with Crippen LogP contribution >= 0.6 is 0 Å². The number of β-amino-alcohol motifs (C(OH)–C–C–N with tert-alkyl or cyclic N) is 1. The number of carboxylic acid groups (broad SMARTS) is 1. The molecule has 3 rings (SSSR count). The molecule has 0 aliphatic carbocycles. The summed E-state index contributed by atoms with van der Waals surface area (Å²) in [5, 5.41) is 19.1. The Labute approximate surface area is 137 Å². The summed E-state index contributed by atoms with van der Waals surface area (Å²) in [4.78, 5) is 32.5. The first kappa shape index (κ1) is 15.9. The predicted octanol–water partition coefficient (Wildman–Crippen LogP) is 0.439. The van der Waals surface area contributed by atoms with Crippen LogP contribution in [0.15, 0.2) is 42.7 Å². The zero-order valence-corrected chi connectivity index (χ0v) is 12.6. The van der Waals surface area contributed by atoms with E-state index >= 15 is 0 Å². The second-order valence-corrected chi connectivity index (χ2v) is 5.34. The van der Waals surface area contributed by atoms with Crippen LogP contribution in [0.1, 0.15) is 21.0 Å². The highest BCUT2D eigenvalue weighted by Gasteiger charge is 2.36. The minimum absolute atomic E-state index is 0.0539. The first-order valence-electron chi connectivity index (χ1n) is 7.29. The number of aliphatic hydroxyl groups is 1. The second kappa shape index (κ2) is 6.63. The molecule has 24 heavy (non-hydrogen) atoms. The van der Waals surface area contributed by atoms with Gasteiger partial charge in [-0.3, -0.25) is 4.79 Å². The normalized spacial score (nSPS) is 20.0. The molecule has 8 heteroatoms. The molecule has 2 atom stereocenters. The zero-order chi connectivity index (χ0) is 17.1. The largest absolute Gasteiger partial charge is 0.486 e. The second-order valence-electron chi connectivity index (χ2n) is 5.34. The fourth-order valence-electron chi connectivity index (χ4n) is 2.47. The maximum atomic E-state index is 12.3. The Balaban J connectivity index is 1.69. The standard InChI is InChI=1S/C16H15N3O5/c20-12-8-19(15(21)14-17-5-2-6-18-14)9-13(12)24-11-4-1-3-10(7-11)16(22)23/h1-7,12-13,20H,8-9H2,(H,22,23)/t12-,13-/m1/s1. The number of carbonyl (C=O) groups is 2. The molecule has 2 N–H and O–H groups in total. The average molecular weight is 329 g/mol. The highest BCUT2D eigenvalue weighted by atomic mass is 16.5. The molecule has 1 aliphatic heterocycles. The maximum absolute atomic E-state index is 12.3. The van der Waals surface area contributed by atoms with Crippen LogP contribution in [0.4, 0.5) is 0 Å². The zero-order valence-electron chi connectivity index (χ0n) is 12.6. The molecule has 1 fully saturated rings. The van der Waals surface area contributed by atoms with Crippen LogP contribution in [-0.4, -0.2) is 62.3 Å². The number of carbonyl (C=O) groups excluding carboxylic acids is 1. The molecule has 2 aromatic rings. The molecule has 8 nitrogen and oxygen atoms in total. The van der Waals surface area contributed by atoms with Crippen LogP contribution < -0.4 is 4.74 Å². The van der Waals surface area contributed by atoms with Gasteiger partial charge in [-0.2, -0.15) is 0 Å². The van der Waals surface area contributed by atoms with Gasteiger partial charge in [0.2, 0.25) is 5.82 Å². The van der Waals surface area contributed by atoms with Crippen LogP contribution in [-0.2, 0) is 0 Å². The van der Waals surface area contributed by atoms with Crippen molar-refractivity contribution in [1.29, 1.82) is 0 Å². The Morgan fingerprint density at radius 2 is 1.92 bits per heavy atom. The number of ether oxygens (including phenoxy) is 1. The fourth-order valence-corrected chi connectivity index (χ4v) is 2.47. The Kier molecular flexibility index (Phi) is 4.39. The van der Waals surface area contributed by atoms with Gasteiger partial charge in [0.15, 0.2) is 0 Å². The number of amides is 1. The maximum Gasteiger partial charge on any atom is 0.335 e. The number of aromatic nitrogens is 2. The van der Waals surface area contributed by atoms with E-state index in [1.165, 1.54) is 29.4 Å². The van der Waals surface area contributed by atoms with Crippen molar-refractivity contribution in [3.63, 3.8) is 0 Å². The molecule has 124 valence electrons. The van der Waals surface area contributed by atoms with E-state index in [1.54, 1.807) is 18.2 Å². The SMILES string of the molecule is O=C(O)c1cccc(O[C@@H]2CN(C(=O)c3ncccn3)C[C@H]2O)c1. The first-order chi connectivity index (χ1) is 11.5. The summed E-state index contributed by atoms with van der Waals surface area (Å²) in [6, 6.07) is 7.59. The van der Waals surface area contributed by atoms with Gasteiger partial charge in [-0.25, -0.2) is 14.8 Å². The third kappa shape index (κ3) is 3.33. The molecule has 0 radical (unpaired) electrons. The summed E-state index contributed by atoms with van der Waals surface area (Å²) in [5.41, 5.74) is 0.0885. The van der Waals surface area contributed by atoms with Gasteiger partial charge < -0.3 is 19.8 Å². The van der Waals surface area contributed by atoms with Crippen LogP contribution in [0.5, 0.6) is 5.75 Å². The molecule has 0 saturated carbocycles. The Morgan fingerprint density at radius 1 is 1.17 bits per heavy atom. The van der Waals surface area contributed by atoms with E-state index in [2.05, 4.69) is 9.97 Å². The summed E-state index contributed by atoms with van der Waals surface area (Å²) >= 11 is 0. The Morgan fingerprint density at radius 3 is 2.62 bits per heavy atom. The van der Waals surface area contributed by atoms with E-state index in [4.69, 9.17) is 9.84 Å². The topological polar surface area (TPSA) is 113 Å². The van der Waals surface area contributed by atoms with Crippen LogP contribution in [0.2, 0.25) is 0 Å². The van der Waals surface area contributed by atoms with E-state index < -0.39 is 18.2 Å². The lowest BCUT2D eigenvalue weighted by Crippen LogP contribution is -2.32. The lowest BCUT2D eigenvalue weighted by Gasteiger charge is -2.17. The number of aromatic carboxylic acids is 1. The fraction of sp³-hybridized carbons (Fsp3) is 0.250. The lowest BCUT2D eigenvalue weighted by molar-refractivity contribution is 0.0686. The Hall–Kier alpha value is -3.00. The van der Waals surface area contributed by atoms with Gasteiger partial charge in [-0.15, -0.1) is 0 Å². The third-order valence-electron chi connectivity index (χ3n) is 3.65. The molecule has 1 aromatic heterocycles. The highest BCUT2D eigenvalue weighted by Crippen LogP contribution is 2.21. The smallest absolute Gasteiger partial charge is 0.335 e. The number of rotatable bonds is 4. The van der Waals surface area contributed by atoms with Gasteiger partial charge in [0.05, 0.1) is 18.7 Å². The van der Waals surface area contributed by atoms with Crippen molar-refractivity contribution < 1.29 is 24.5 Å². The van der Waals surface area contributed by atoms with Crippen molar-refractivity contribution >= 4 is 11.9 Å². The van der Waals surface area contributed by atoms with Gasteiger partial charge in [-0.1, -0.05) is 6.07 Å². The molecule has 0 spiro atoms. The van der Waals surface area contributed by atoms with E-state index in [0.29, 0.717) is 5.75 Å². The summed E-state index contributed by atoms with van der Waals surface area (Å²) in [7, 11) is 0.